The monoisotopic (exact) mass is 283 g/mol. The number of carbonyl (C=O) groups excluding carboxylic acids is 1. The number of carbonyl (C=O) groups is 1. The topological polar surface area (TPSA) is 62.5 Å². The zero-order valence-electron chi connectivity index (χ0n) is 11.8. The highest BCUT2D eigenvalue weighted by atomic mass is 16.3. The van der Waals surface area contributed by atoms with Crippen molar-refractivity contribution in [1.82, 2.24) is 5.32 Å². The van der Waals surface area contributed by atoms with E-state index in [9.17, 15) is 4.79 Å². The van der Waals surface area contributed by atoms with Crippen LogP contribution in [0.25, 0.3) is 0 Å². The number of aliphatic hydroxyl groups excluding tert-OH is 1. The van der Waals surface area contributed by atoms with Crippen LogP contribution < -0.4 is 5.32 Å². The maximum Gasteiger partial charge on any atom is 0.255 e. The zero-order valence-corrected chi connectivity index (χ0v) is 11.8. The molecule has 21 heavy (non-hydrogen) atoms. The summed E-state index contributed by atoms with van der Waals surface area (Å²) >= 11 is 0. The van der Waals surface area contributed by atoms with Crippen molar-refractivity contribution < 1.29 is 14.3 Å². The second-order valence-electron chi connectivity index (χ2n) is 4.60. The normalized spacial score (nSPS) is 11.3. The average Bonchev–Trinajstić information content (AvgIpc) is 3.02. The van der Waals surface area contributed by atoms with Gasteiger partial charge in [-0.2, -0.15) is 0 Å². The highest BCUT2D eigenvalue weighted by molar-refractivity contribution is 5.94. The van der Waals surface area contributed by atoms with Crippen LogP contribution in [0.5, 0.6) is 0 Å². The number of hydrogen-bond donors (Lipinski definition) is 2. The smallest absolute Gasteiger partial charge is 0.255 e. The van der Waals surface area contributed by atoms with Crippen LogP contribution >= 0.6 is 0 Å². The Morgan fingerprint density at radius 2 is 2.10 bits per heavy atom. The van der Waals surface area contributed by atoms with Gasteiger partial charge in [0.05, 0.1) is 24.5 Å². The van der Waals surface area contributed by atoms with Crippen molar-refractivity contribution in [2.45, 2.75) is 19.4 Å². The third kappa shape index (κ3) is 4.23. The number of aliphatic hydroxyl groups is 1. The summed E-state index contributed by atoms with van der Waals surface area (Å²) in [4.78, 5) is 11.9. The van der Waals surface area contributed by atoms with Gasteiger partial charge in [0.15, 0.2) is 0 Å². The molecule has 1 heterocycles. The molecule has 0 saturated heterocycles. The van der Waals surface area contributed by atoms with Gasteiger partial charge in [0, 0.05) is 12.0 Å². The van der Waals surface area contributed by atoms with E-state index in [-0.39, 0.29) is 18.6 Å². The van der Waals surface area contributed by atoms with E-state index in [1.54, 1.807) is 6.07 Å². The van der Waals surface area contributed by atoms with Crippen LogP contribution in [0.4, 0.5) is 0 Å². The first-order chi connectivity index (χ1) is 10.2. The zero-order chi connectivity index (χ0) is 15.1. The summed E-state index contributed by atoms with van der Waals surface area (Å²) in [7, 11) is 0. The lowest BCUT2D eigenvalue weighted by Crippen LogP contribution is -2.26. The van der Waals surface area contributed by atoms with Gasteiger partial charge in [-0.1, -0.05) is 24.0 Å². The van der Waals surface area contributed by atoms with Crippen molar-refractivity contribution in [3.05, 3.63) is 59.5 Å². The summed E-state index contributed by atoms with van der Waals surface area (Å²) in [6.07, 6.45) is 3.36. The molecule has 1 aromatic heterocycles. The minimum atomic E-state index is -0.164. The molecule has 0 aliphatic rings. The third-order valence-corrected chi connectivity index (χ3v) is 3.01. The highest BCUT2D eigenvalue weighted by Gasteiger charge is 2.11. The number of rotatable bonds is 4. The van der Waals surface area contributed by atoms with Crippen molar-refractivity contribution >= 4 is 5.91 Å². The summed E-state index contributed by atoms with van der Waals surface area (Å²) in [6.45, 7) is 1.99. The van der Waals surface area contributed by atoms with Gasteiger partial charge >= 0.3 is 0 Å². The fraction of sp³-hybridized carbons (Fsp3) is 0.235. The molecule has 0 aliphatic carbocycles. The molecule has 2 aromatic rings. The van der Waals surface area contributed by atoms with Crippen molar-refractivity contribution in [3.63, 3.8) is 0 Å². The second-order valence-corrected chi connectivity index (χ2v) is 4.60. The molecule has 0 bridgehead atoms. The Labute approximate surface area is 123 Å². The lowest BCUT2D eigenvalue weighted by molar-refractivity contribution is 0.0939. The summed E-state index contributed by atoms with van der Waals surface area (Å²) < 4.78 is 4.89. The lowest BCUT2D eigenvalue weighted by Gasteiger charge is -2.13. The molecular weight excluding hydrogens is 266 g/mol. The van der Waals surface area contributed by atoms with Crippen LogP contribution in [0, 0.1) is 11.8 Å². The Morgan fingerprint density at radius 3 is 2.71 bits per heavy atom. The van der Waals surface area contributed by atoms with Crippen molar-refractivity contribution in [1.29, 1.82) is 0 Å². The van der Waals surface area contributed by atoms with Gasteiger partial charge in [0.2, 0.25) is 0 Å². The maximum atomic E-state index is 11.9. The fourth-order valence-corrected chi connectivity index (χ4v) is 1.83. The molecule has 1 aromatic carbocycles. The van der Waals surface area contributed by atoms with E-state index < -0.39 is 0 Å². The molecule has 1 amide bonds. The number of furan rings is 1. The van der Waals surface area contributed by atoms with Crippen molar-refractivity contribution in [2.75, 3.05) is 6.61 Å². The fourth-order valence-electron chi connectivity index (χ4n) is 1.83. The molecule has 1 unspecified atom stereocenters. The van der Waals surface area contributed by atoms with Crippen LogP contribution in [0.3, 0.4) is 0 Å². The summed E-state index contributed by atoms with van der Waals surface area (Å²) in [5, 5.41) is 11.6. The van der Waals surface area contributed by atoms with E-state index in [0.29, 0.717) is 12.0 Å². The van der Waals surface area contributed by atoms with Crippen molar-refractivity contribution in [2.24, 2.45) is 0 Å². The minimum Gasteiger partial charge on any atom is -0.472 e. The van der Waals surface area contributed by atoms with E-state index in [1.807, 2.05) is 31.2 Å². The Kier molecular flexibility index (Phi) is 5.19. The van der Waals surface area contributed by atoms with Crippen LogP contribution in [-0.2, 0) is 0 Å². The third-order valence-electron chi connectivity index (χ3n) is 3.01. The minimum absolute atomic E-state index is 0.0716. The number of benzene rings is 1. The highest BCUT2D eigenvalue weighted by Crippen LogP contribution is 2.14. The van der Waals surface area contributed by atoms with E-state index in [1.165, 1.54) is 12.5 Å². The Balaban J connectivity index is 1.98. The van der Waals surface area contributed by atoms with Crippen LogP contribution in [0.1, 0.15) is 40.9 Å². The van der Waals surface area contributed by atoms with Crippen LogP contribution in [-0.4, -0.2) is 17.6 Å². The van der Waals surface area contributed by atoms with Gasteiger partial charge in [-0.05, 0) is 30.7 Å². The molecule has 0 saturated carbocycles. The van der Waals surface area contributed by atoms with Crippen LogP contribution in [0.15, 0.2) is 47.3 Å². The molecule has 4 heteroatoms. The van der Waals surface area contributed by atoms with Crippen LogP contribution in [0.2, 0.25) is 0 Å². The van der Waals surface area contributed by atoms with E-state index in [0.717, 1.165) is 11.1 Å². The second kappa shape index (κ2) is 7.32. The SMILES string of the molecule is CC(NC(=O)c1ccoc1)c1ccc(C#CCCO)cc1. The standard InChI is InChI=1S/C17H17NO3/c1-13(18-17(20)16-9-11-21-12-16)15-7-5-14(6-8-15)4-2-3-10-19/h5-9,11-13,19H,3,10H2,1H3,(H,18,20). The molecule has 2 N–H and O–H groups in total. The largest absolute Gasteiger partial charge is 0.472 e. The molecule has 2 rings (SSSR count). The predicted molar refractivity (Wildman–Crippen MR) is 79.6 cm³/mol. The van der Waals surface area contributed by atoms with E-state index >= 15 is 0 Å². The molecule has 0 aliphatic heterocycles. The molecule has 108 valence electrons. The van der Waals surface area contributed by atoms with Gasteiger partial charge < -0.3 is 14.8 Å². The molecular formula is C17H17NO3. The number of hydrogen-bond acceptors (Lipinski definition) is 3. The first-order valence-corrected chi connectivity index (χ1v) is 6.73. The first-order valence-electron chi connectivity index (χ1n) is 6.73. The van der Waals surface area contributed by atoms with E-state index in [4.69, 9.17) is 9.52 Å². The van der Waals surface area contributed by atoms with Gasteiger partial charge in [0.25, 0.3) is 5.91 Å². The summed E-state index contributed by atoms with van der Waals surface area (Å²) in [5.41, 5.74) is 2.40. The predicted octanol–water partition coefficient (Wildman–Crippen LogP) is 2.50. The lowest BCUT2D eigenvalue weighted by atomic mass is 10.1. The first kappa shape index (κ1) is 14.9. The Bertz CT molecular complexity index is 633. The van der Waals surface area contributed by atoms with Gasteiger partial charge in [0.1, 0.15) is 6.26 Å². The molecule has 0 spiro atoms. The average molecular weight is 283 g/mol. The summed E-state index contributed by atoms with van der Waals surface area (Å²) in [6, 6.07) is 9.20. The van der Waals surface area contributed by atoms with Gasteiger partial charge in [-0.3, -0.25) is 4.79 Å². The molecule has 4 nitrogen and oxygen atoms in total. The van der Waals surface area contributed by atoms with Gasteiger partial charge in [-0.25, -0.2) is 0 Å². The number of nitrogens with one attached hydrogen (secondary N) is 1. The summed E-state index contributed by atoms with van der Waals surface area (Å²) in [5.74, 6) is 5.67. The number of amides is 1. The maximum absolute atomic E-state index is 11.9. The molecule has 1 atom stereocenters. The Hall–Kier alpha value is -2.51. The molecule has 0 fully saturated rings. The van der Waals surface area contributed by atoms with Crippen molar-refractivity contribution in [3.8, 4) is 11.8 Å². The van der Waals surface area contributed by atoms with Gasteiger partial charge in [-0.15, -0.1) is 0 Å². The Morgan fingerprint density at radius 1 is 1.33 bits per heavy atom. The quantitative estimate of drug-likeness (QED) is 0.847. The van der Waals surface area contributed by atoms with E-state index in [2.05, 4.69) is 17.2 Å². The molecule has 0 radical (unpaired) electrons.